The van der Waals surface area contributed by atoms with E-state index in [4.69, 9.17) is 11.6 Å². The average Bonchev–Trinajstić information content (AvgIpc) is 3.44. The Kier molecular flexibility index (Phi) is 4.90. The number of nitrogens with zero attached hydrogens (tertiary/aromatic N) is 1. The number of nitrogens with one attached hydrogen (secondary N) is 1. The van der Waals surface area contributed by atoms with Gasteiger partial charge in [-0.1, -0.05) is 29.8 Å². The minimum absolute atomic E-state index is 0.0960. The van der Waals surface area contributed by atoms with Gasteiger partial charge < -0.3 is 10.2 Å². The number of rotatable bonds is 4. The average molecular weight is 397 g/mol. The number of hydrogen-bond acceptors (Lipinski definition) is 2. The van der Waals surface area contributed by atoms with E-state index < -0.39 is 34.7 Å². The monoisotopic (exact) mass is 396 g/mol. The van der Waals surface area contributed by atoms with Crippen molar-refractivity contribution in [2.24, 2.45) is 5.41 Å². The third kappa shape index (κ3) is 3.78. The number of para-hydroxylation sites is 1. The fourth-order valence-corrected chi connectivity index (χ4v) is 3.03. The lowest BCUT2D eigenvalue weighted by Crippen LogP contribution is -2.41. The van der Waals surface area contributed by atoms with Crippen LogP contribution in [0.2, 0.25) is 5.02 Å². The molecular formula is C19H16ClF3N2O2. The fraction of sp³-hybridized carbons (Fsp3) is 0.263. The van der Waals surface area contributed by atoms with Crippen molar-refractivity contribution in [1.29, 1.82) is 0 Å². The van der Waals surface area contributed by atoms with E-state index in [0.29, 0.717) is 5.69 Å². The smallest absolute Gasteiger partial charge is 0.325 e. The van der Waals surface area contributed by atoms with Gasteiger partial charge in [-0.05, 0) is 43.2 Å². The van der Waals surface area contributed by atoms with Crippen molar-refractivity contribution in [2.75, 3.05) is 17.3 Å². The van der Waals surface area contributed by atoms with Crippen molar-refractivity contribution >= 4 is 34.8 Å². The molecule has 0 radical (unpaired) electrons. The van der Waals surface area contributed by atoms with Crippen LogP contribution in [0.3, 0.4) is 0 Å². The van der Waals surface area contributed by atoms with Crippen molar-refractivity contribution in [3.8, 4) is 0 Å². The van der Waals surface area contributed by atoms with Crippen molar-refractivity contribution < 1.29 is 22.8 Å². The standard InChI is InChI=1S/C19H16ClF3N2O2/c1-25(13-5-3-2-4-6-13)17(27)18(9-10-18)16(26)24-15-8-7-12(20)11-14(15)19(21,22)23/h2-8,11H,9-10H2,1H3,(H,24,26). The molecule has 142 valence electrons. The highest BCUT2D eigenvalue weighted by molar-refractivity contribution is 6.30. The van der Waals surface area contributed by atoms with Crippen LogP contribution in [0.25, 0.3) is 0 Å². The molecule has 0 heterocycles. The molecule has 27 heavy (non-hydrogen) atoms. The zero-order chi connectivity index (χ0) is 19.8. The highest BCUT2D eigenvalue weighted by Gasteiger charge is 2.58. The van der Waals surface area contributed by atoms with Crippen molar-refractivity contribution in [3.05, 3.63) is 59.1 Å². The zero-order valence-electron chi connectivity index (χ0n) is 14.3. The van der Waals surface area contributed by atoms with Gasteiger partial charge in [0.1, 0.15) is 5.41 Å². The lowest BCUT2D eigenvalue weighted by molar-refractivity contribution is -0.137. The van der Waals surface area contributed by atoms with Gasteiger partial charge in [-0.15, -0.1) is 0 Å². The molecule has 8 heteroatoms. The van der Waals surface area contributed by atoms with Crippen LogP contribution in [0, 0.1) is 5.41 Å². The molecule has 0 bridgehead atoms. The number of alkyl halides is 3. The van der Waals surface area contributed by atoms with E-state index >= 15 is 0 Å². The van der Waals surface area contributed by atoms with E-state index in [0.717, 1.165) is 12.1 Å². The number of benzene rings is 2. The van der Waals surface area contributed by atoms with Crippen LogP contribution in [-0.2, 0) is 15.8 Å². The van der Waals surface area contributed by atoms with Crippen LogP contribution in [0.4, 0.5) is 24.5 Å². The summed E-state index contributed by atoms with van der Waals surface area (Å²) in [6.07, 6.45) is -4.12. The number of anilines is 2. The van der Waals surface area contributed by atoms with Crippen LogP contribution in [0.5, 0.6) is 0 Å². The number of carbonyl (C=O) groups is 2. The first-order valence-electron chi connectivity index (χ1n) is 8.16. The Hall–Kier alpha value is -2.54. The maximum atomic E-state index is 13.2. The lowest BCUT2D eigenvalue weighted by Gasteiger charge is -2.24. The van der Waals surface area contributed by atoms with Gasteiger partial charge >= 0.3 is 6.18 Å². The van der Waals surface area contributed by atoms with E-state index in [9.17, 15) is 22.8 Å². The first-order chi connectivity index (χ1) is 12.6. The van der Waals surface area contributed by atoms with Crippen LogP contribution in [0.15, 0.2) is 48.5 Å². The quantitative estimate of drug-likeness (QED) is 0.759. The highest BCUT2D eigenvalue weighted by Crippen LogP contribution is 2.49. The topological polar surface area (TPSA) is 49.4 Å². The second-order valence-corrected chi connectivity index (χ2v) is 6.86. The van der Waals surface area contributed by atoms with Gasteiger partial charge in [-0.2, -0.15) is 13.2 Å². The van der Waals surface area contributed by atoms with Gasteiger partial charge in [0.2, 0.25) is 11.8 Å². The van der Waals surface area contributed by atoms with Gasteiger partial charge in [0.05, 0.1) is 11.3 Å². The molecule has 1 aliphatic carbocycles. The largest absolute Gasteiger partial charge is 0.418 e. The molecule has 2 aromatic carbocycles. The minimum Gasteiger partial charge on any atom is -0.325 e. The molecule has 1 fully saturated rings. The summed E-state index contributed by atoms with van der Waals surface area (Å²) in [6, 6.07) is 11.8. The van der Waals surface area contributed by atoms with Gasteiger partial charge in [0.15, 0.2) is 0 Å². The van der Waals surface area contributed by atoms with Crippen LogP contribution < -0.4 is 10.2 Å². The molecular weight excluding hydrogens is 381 g/mol. The first-order valence-corrected chi connectivity index (χ1v) is 8.54. The van der Waals surface area contributed by atoms with Crippen molar-refractivity contribution in [2.45, 2.75) is 19.0 Å². The molecule has 0 atom stereocenters. The van der Waals surface area contributed by atoms with E-state index in [1.54, 1.807) is 30.3 Å². The number of hydrogen-bond donors (Lipinski definition) is 1. The fourth-order valence-electron chi connectivity index (χ4n) is 2.85. The Morgan fingerprint density at radius 1 is 1.11 bits per heavy atom. The summed E-state index contributed by atoms with van der Waals surface area (Å²) in [5, 5.41) is 2.17. The molecule has 0 aliphatic heterocycles. The Bertz CT molecular complexity index is 880. The second-order valence-electron chi connectivity index (χ2n) is 6.42. The molecule has 1 aliphatic rings. The van der Waals surface area contributed by atoms with Crippen LogP contribution >= 0.6 is 11.6 Å². The predicted octanol–water partition coefficient (Wildman–Crippen LogP) is 4.74. The number of carbonyl (C=O) groups excluding carboxylic acids is 2. The van der Waals surface area contributed by atoms with Crippen molar-refractivity contribution in [3.63, 3.8) is 0 Å². The maximum Gasteiger partial charge on any atom is 0.418 e. The van der Waals surface area contributed by atoms with Gasteiger partial charge in [0.25, 0.3) is 0 Å². The van der Waals surface area contributed by atoms with E-state index in [-0.39, 0.29) is 17.9 Å². The van der Waals surface area contributed by atoms with E-state index in [1.807, 2.05) is 0 Å². The second kappa shape index (κ2) is 6.88. The molecule has 0 spiro atoms. The SMILES string of the molecule is CN(C(=O)C1(C(=O)Nc2ccc(Cl)cc2C(F)(F)F)CC1)c1ccccc1. The Morgan fingerprint density at radius 3 is 2.30 bits per heavy atom. The summed E-state index contributed by atoms with van der Waals surface area (Å²) >= 11 is 5.65. The summed E-state index contributed by atoms with van der Waals surface area (Å²) < 4.78 is 39.6. The Morgan fingerprint density at radius 2 is 1.74 bits per heavy atom. The summed E-state index contributed by atoms with van der Waals surface area (Å²) in [5.74, 6) is -1.20. The molecule has 4 nitrogen and oxygen atoms in total. The Balaban J connectivity index is 1.84. The van der Waals surface area contributed by atoms with Crippen LogP contribution in [-0.4, -0.2) is 18.9 Å². The third-order valence-electron chi connectivity index (χ3n) is 4.58. The number of amides is 2. The summed E-state index contributed by atoms with van der Waals surface area (Å²) in [7, 11) is 1.54. The van der Waals surface area contributed by atoms with E-state index in [2.05, 4.69) is 5.32 Å². The molecule has 0 unspecified atom stereocenters. The van der Waals surface area contributed by atoms with Crippen molar-refractivity contribution in [1.82, 2.24) is 0 Å². The zero-order valence-corrected chi connectivity index (χ0v) is 15.1. The molecule has 3 rings (SSSR count). The molecule has 0 aromatic heterocycles. The normalized spacial score (nSPS) is 15.1. The lowest BCUT2D eigenvalue weighted by atomic mass is 10.0. The molecule has 2 aromatic rings. The summed E-state index contributed by atoms with van der Waals surface area (Å²) in [6.45, 7) is 0. The summed E-state index contributed by atoms with van der Waals surface area (Å²) in [5.41, 5.74) is -2.22. The molecule has 1 saturated carbocycles. The first kappa shape index (κ1) is 19.2. The number of halogens is 4. The maximum absolute atomic E-state index is 13.2. The minimum atomic E-state index is -4.69. The molecule has 1 N–H and O–H groups in total. The summed E-state index contributed by atoms with van der Waals surface area (Å²) in [4.78, 5) is 26.8. The molecule has 0 saturated heterocycles. The third-order valence-corrected chi connectivity index (χ3v) is 4.81. The predicted molar refractivity (Wildman–Crippen MR) is 96.6 cm³/mol. The van der Waals surface area contributed by atoms with E-state index in [1.165, 1.54) is 18.0 Å². The van der Waals surface area contributed by atoms with Crippen LogP contribution in [0.1, 0.15) is 18.4 Å². The van der Waals surface area contributed by atoms with Gasteiger partial charge in [-0.3, -0.25) is 9.59 Å². The highest BCUT2D eigenvalue weighted by atomic mass is 35.5. The molecule has 2 amide bonds. The van der Waals surface area contributed by atoms with Gasteiger partial charge in [0, 0.05) is 17.8 Å². The van der Waals surface area contributed by atoms with Gasteiger partial charge in [-0.25, -0.2) is 0 Å². The Labute approximate surface area is 158 Å².